The van der Waals surface area contributed by atoms with Gasteiger partial charge in [-0.15, -0.1) is 0 Å². The van der Waals surface area contributed by atoms with Gasteiger partial charge in [0, 0.05) is 0 Å². The van der Waals surface area contributed by atoms with Gasteiger partial charge < -0.3 is 12.4 Å². The minimum Gasteiger partial charge on any atom is -1.00 e. The van der Waals surface area contributed by atoms with E-state index in [9.17, 15) is 13.2 Å². The Morgan fingerprint density at radius 3 is 2.31 bits per heavy atom. The van der Waals surface area contributed by atoms with Crippen molar-refractivity contribution in [1.29, 1.82) is 0 Å². The van der Waals surface area contributed by atoms with Gasteiger partial charge in [-0.3, -0.25) is 0 Å². The Morgan fingerprint density at radius 2 is 1.85 bits per heavy atom. The first-order valence-corrected chi connectivity index (χ1v) is 3.86. The number of rotatable bonds is 1. The van der Waals surface area contributed by atoms with E-state index in [2.05, 4.69) is 4.74 Å². The molecule has 0 heterocycles. The van der Waals surface area contributed by atoms with E-state index in [4.69, 9.17) is 0 Å². The third-order valence-corrected chi connectivity index (χ3v) is 1.57. The molecule has 0 aliphatic rings. The van der Waals surface area contributed by atoms with E-state index in [0.717, 1.165) is 3.69 Å². The molecule has 0 amide bonds. The smallest absolute Gasteiger partial charge is 1.00 e. The second-order valence-electron chi connectivity index (χ2n) is 2.20. The zero-order valence-corrected chi connectivity index (χ0v) is 8.61. The van der Waals surface area contributed by atoms with Crippen LogP contribution in [-0.4, -0.2) is 28.1 Å². The quantitative estimate of drug-likeness (QED) is 0.518. The zero-order chi connectivity index (χ0) is 9.19. The van der Waals surface area contributed by atoms with Gasteiger partial charge in [-0.2, -0.15) is 0 Å². The Kier molecular flexibility index (Phi) is 4.87. The molecular formula is C7H4ClF3MgO. The van der Waals surface area contributed by atoms with Crippen molar-refractivity contribution in [2.75, 3.05) is 0 Å². The number of alkyl halides is 3. The van der Waals surface area contributed by atoms with Gasteiger partial charge in [0.2, 0.25) is 0 Å². The van der Waals surface area contributed by atoms with Crippen LogP contribution in [0.1, 0.15) is 0 Å². The first-order chi connectivity index (χ1) is 5.47. The SMILES string of the molecule is FC(F)(F)Oc1ccc[c]([Mg+])c1.[Cl-]. The van der Waals surface area contributed by atoms with Crippen LogP contribution in [0.5, 0.6) is 5.75 Å². The monoisotopic (exact) mass is 220 g/mol. The van der Waals surface area contributed by atoms with Crippen LogP contribution >= 0.6 is 0 Å². The molecular weight excluding hydrogens is 217 g/mol. The number of benzene rings is 1. The Morgan fingerprint density at radius 1 is 1.23 bits per heavy atom. The Balaban J connectivity index is 0.00000144. The summed E-state index contributed by atoms with van der Waals surface area (Å²) in [5.41, 5.74) is 0. The molecule has 0 saturated heterocycles. The van der Waals surface area contributed by atoms with Crippen LogP contribution in [0.4, 0.5) is 13.2 Å². The third-order valence-electron chi connectivity index (χ3n) is 1.13. The third kappa shape index (κ3) is 5.23. The summed E-state index contributed by atoms with van der Waals surface area (Å²) in [7, 11) is 0. The summed E-state index contributed by atoms with van der Waals surface area (Å²) in [6.45, 7) is 0. The van der Waals surface area contributed by atoms with Gasteiger partial charge in [0.1, 0.15) is 0 Å². The standard InChI is InChI=1S/C7H4F3O.ClH.Mg/c8-7(9,10)11-6-4-2-1-3-5-6;;/h1-2,4-5H;1H;/q;;+1/p-1. The maximum atomic E-state index is 11.7. The van der Waals surface area contributed by atoms with Crippen LogP contribution in [0.15, 0.2) is 24.3 Å². The fourth-order valence-corrected chi connectivity index (χ4v) is 1.08. The summed E-state index contributed by atoms with van der Waals surface area (Å²) >= 11 is 1.50. The van der Waals surface area contributed by atoms with E-state index in [-0.39, 0.29) is 18.2 Å². The normalized spacial score (nSPS) is 10.5. The van der Waals surface area contributed by atoms with Crippen LogP contribution in [0.3, 0.4) is 0 Å². The number of hydrogen-bond donors (Lipinski definition) is 0. The molecule has 0 fully saturated rings. The maximum Gasteiger partial charge on any atom is -1.00 e. The number of hydrogen-bond acceptors (Lipinski definition) is 1. The first-order valence-electron chi connectivity index (χ1n) is 3.15. The maximum absolute atomic E-state index is 11.7. The molecule has 0 N–H and O–H groups in total. The second-order valence-corrected chi connectivity index (χ2v) is 3.01. The summed E-state index contributed by atoms with van der Waals surface area (Å²) in [4.78, 5) is 0. The van der Waals surface area contributed by atoms with Crippen LogP contribution in [0.2, 0.25) is 0 Å². The molecule has 1 nitrogen and oxygen atoms in total. The molecule has 0 spiro atoms. The van der Waals surface area contributed by atoms with E-state index in [0.29, 0.717) is 0 Å². The van der Waals surface area contributed by atoms with E-state index < -0.39 is 6.36 Å². The summed E-state index contributed by atoms with van der Waals surface area (Å²) in [5.74, 6) is -0.171. The van der Waals surface area contributed by atoms with Crippen LogP contribution in [-0.2, 0) is 0 Å². The average Bonchev–Trinajstić information content (AvgIpc) is 1.82. The van der Waals surface area contributed by atoms with Gasteiger partial charge in [0.15, 0.2) is 0 Å². The van der Waals surface area contributed by atoms with Crippen LogP contribution < -0.4 is 20.8 Å². The summed E-state index contributed by atoms with van der Waals surface area (Å²) in [5, 5.41) is 0. The van der Waals surface area contributed by atoms with Crippen LogP contribution in [0, 0.1) is 0 Å². The molecule has 0 atom stereocenters. The summed E-state index contributed by atoms with van der Waals surface area (Å²) < 4.78 is 39.4. The summed E-state index contributed by atoms with van der Waals surface area (Å²) in [6.07, 6.45) is -4.60. The van der Waals surface area contributed by atoms with Gasteiger partial charge in [-0.25, -0.2) is 0 Å². The molecule has 1 aromatic carbocycles. The van der Waals surface area contributed by atoms with Crippen molar-refractivity contribution in [2.24, 2.45) is 0 Å². The molecule has 0 bridgehead atoms. The average molecular weight is 221 g/mol. The van der Waals surface area contributed by atoms with Crippen molar-refractivity contribution < 1.29 is 30.3 Å². The van der Waals surface area contributed by atoms with Crippen molar-refractivity contribution in [1.82, 2.24) is 0 Å². The fourth-order valence-electron chi connectivity index (χ4n) is 0.743. The number of halogens is 4. The first kappa shape index (κ1) is 12.9. The number of ether oxygens (including phenoxy) is 1. The molecule has 1 rings (SSSR count). The van der Waals surface area contributed by atoms with E-state index in [1.54, 1.807) is 6.07 Å². The topological polar surface area (TPSA) is 9.23 Å². The van der Waals surface area contributed by atoms with Crippen molar-refractivity contribution in [2.45, 2.75) is 6.36 Å². The predicted octanol–water partition coefficient (Wildman–Crippen LogP) is -1.62. The minimum atomic E-state index is -4.60. The molecule has 0 radical (unpaired) electrons. The Labute approximate surface area is 92.1 Å². The van der Waals surface area contributed by atoms with Gasteiger partial charge in [0.05, 0.1) is 0 Å². The van der Waals surface area contributed by atoms with Gasteiger partial charge in [-0.1, -0.05) is 0 Å². The second kappa shape index (κ2) is 4.93. The van der Waals surface area contributed by atoms with Crippen LogP contribution in [0.25, 0.3) is 0 Å². The van der Waals surface area contributed by atoms with Gasteiger partial charge >= 0.3 is 79.7 Å². The van der Waals surface area contributed by atoms with Gasteiger partial charge in [-0.05, 0) is 0 Å². The molecule has 1 aromatic rings. The molecule has 0 saturated carbocycles. The largest absolute Gasteiger partial charge is 1.00 e. The molecule has 68 valence electrons. The Bertz CT molecular complexity index is 277. The van der Waals surface area contributed by atoms with E-state index in [1.165, 1.54) is 39.9 Å². The minimum absolute atomic E-state index is 0. The van der Waals surface area contributed by atoms with Crippen molar-refractivity contribution >= 4 is 25.4 Å². The molecule has 0 aliphatic carbocycles. The van der Waals surface area contributed by atoms with Gasteiger partial charge in [0.25, 0.3) is 0 Å². The van der Waals surface area contributed by atoms with E-state index >= 15 is 0 Å². The predicted molar refractivity (Wildman–Crippen MR) is 38.5 cm³/mol. The van der Waals surface area contributed by atoms with Crippen molar-refractivity contribution in [3.05, 3.63) is 24.3 Å². The molecule has 6 heteroatoms. The molecule has 0 unspecified atom stereocenters. The van der Waals surface area contributed by atoms with E-state index in [1.807, 2.05) is 0 Å². The molecule has 13 heavy (non-hydrogen) atoms. The zero-order valence-electron chi connectivity index (χ0n) is 6.44. The fraction of sp³-hybridized carbons (Fsp3) is 0.143. The molecule has 0 aromatic heterocycles. The molecule has 0 aliphatic heterocycles. The summed E-state index contributed by atoms with van der Waals surface area (Å²) in [6, 6.07) is 5.84. The van der Waals surface area contributed by atoms with Crippen molar-refractivity contribution in [3.8, 4) is 5.75 Å². The van der Waals surface area contributed by atoms with Crippen molar-refractivity contribution in [3.63, 3.8) is 0 Å². The Hall–Kier alpha value is -0.134.